The monoisotopic (exact) mass is 420 g/mol. The summed E-state index contributed by atoms with van der Waals surface area (Å²) in [6.07, 6.45) is 2.63. The van der Waals surface area contributed by atoms with Gasteiger partial charge in [0.15, 0.2) is 0 Å². The largest absolute Gasteiger partial charge is 0.393 e. The average Bonchev–Trinajstić information content (AvgIpc) is 3.15. The quantitative estimate of drug-likeness (QED) is 0.686. The zero-order chi connectivity index (χ0) is 20.7. The third-order valence-corrected chi connectivity index (χ3v) is 7.11. The fourth-order valence-corrected chi connectivity index (χ4v) is 5.54. The van der Waals surface area contributed by atoms with Crippen molar-refractivity contribution < 1.29 is 9.90 Å². The molecule has 1 aromatic carbocycles. The van der Waals surface area contributed by atoms with Gasteiger partial charge in [0.25, 0.3) is 11.5 Å². The van der Waals surface area contributed by atoms with Gasteiger partial charge in [-0.3, -0.25) is 9.59 Å². The average molecular weight is 421 g/mol. The Labute approximate surface area is 179 Å². The van der Waals surface area contributed by atoms with Crippen LogP contribution in [0.25, 0.3) is 21.7 Å². The summed E-state index contributed by atoms with van der Waals surface area (Å²) in [5.41, 5.74) is 3.93. The Balaban J connectivity index is 1.72. The number of likely N-dealkylation sites (tertiary alicyclic amines) is 1. The predicted molar refractivity (Wildman–Crippen MR) is 119 cm³/mol. The van der Waals surface area contributed by atoms with Crippen molar-refractivity contribution in [3.05, 3.63) is 69.3 Å². The Morgan fingerprint density at radius 1 is 1.07 bits per heavy atom. The number of hydrogen-bond donors (Lipinski definition) is 1. The molecule has 1 saturated heterocycles. The zero-order valence-corrected chi connectivity index (χ0v) is 17.5. The molecular formula is C24H24N2O3S. The fourth-order valence-electron chi connectivity index (χ4n) is 4.52. The minimum atomic E-state index is -0.340. The standard InChI is InChI=1S/C24H24N2O3S/c27-18-8-12-25(13-9-18)23(28)20-15-19(16-5-2-1-3-6-16)24(29)26-11-4-7-17-10-14-30-22(17)21(20)26/h1-3,5-6,10,14-15,18,27H,4,7-9,11-13H2. The lowest BCUT2D eigenvalue weighted by atomic mass is 9.99. The van der Waals surface area contributed by atoms with Crippen LogP contribution in [0.3, 0.4) is 0 Å². The van der Waals surface area contributed by atoms with Gasteiger partial charge in [0.2, 0.25) is 0 Å². The molecule has 0 unspecified atom stereocenters. The van der Waals surface area contributed by atoms with Crippen LogP contribution in [0.1, 0.15) is 35.2 Å². The van der Waals surface area contributed by atoms with E-state index in [1.54, 1.807) is 17.4 Å². The van der Waals surface area contributed by atoms with Crippen LogP contribution in [-0.2, 0) is 13.0 Å². The molecule has 0 atom stereocenters. The second-order valence-electron chi connectivity index (χ2n) is 8.05. The molecule has 154 valence electrons. The third kappa shape index (κ3) is 3.30. The Hall–Kier alpha value is -2.70. The van der Waals surface area contributed by atoms with Crippen molar-refractivity contribution in [2.45, 2.75) is 38.3 Å². The second kappa shape index (κ2) is 7.85. The summed E-state index contributed by atoms with van der Waals surface area (Å²) in [5, 5.41) is 11.9. The van der Waals surface area contributed by atoms with Gasteiger partial charge in [-0.15, -0.1) is 11.3 Å². The Kier molecular flexibility index (Phi) is 5.05. The van der Waals surface area contributed by atoms with Crippen LogP contribution >= 0.6 is 11.3 Å². The number of piperidine rings is 1. The molecule has 5 nitrogen and oxygen atoms in total. The molecular weight excluding hydrogens is 396 g/mol. The van der Waals surface area contributed by atoms with Gasteiger partial charge in [0.05, 0.1) is 22.2 Å². The van der Waals surface area contributed by atoms with E-state index in [-0.39, 0.29) is 17.6 Å². The van der Waals surface area contributed by atoms with Gasteiger partial charge in [-0.25, -0.2) is 0 Å². The van der Waals surface area contributed by atoms with E-state index in [1.165, 1.54) is 5.56 Å². The first-order chi connectivity index (χ1) is 14.6. The number of nitrogens with zero attached hydrogens (tertiary/aromatic N) is 2. The number of benzene rings is 1. The first kappa shape index (κ1) is 19.3. The lowest BCUT2D eigenvalue weighted by Crippen LogP contribution is -2.41. The molecule has 2 aliphatic heterocycles. The van der Waals surface area contributed by atoms with E-state index in [9.17, 15) is 14.7 Å². The van der Waals surface area contributed by atoms with E-state index >= 15 is 0 Å². The topological polar surface area (TPSA) is 62.5 Å². The molecule has 4 heterocycles. The fraction of sp³-hybridized carbons (Fsp3) is 0.333. The summed E-state index contributed by atoms with van der Waals surface area (Å²) in [6.45, 7) is 1.68. The number of carbonyl (C=O) groups excluding carboxylic acids is 1. The molecule has 2 aliphatic rings. The number of hydrogen-bond acceptors (Lipinski definition) is 4. The molecule has 0 radical (unpaired) electrons. The highest BCUT2D eigenvalue weighted by atomic mass is 32.1. The van der Waals surface area contributed by atoms with Crippen LogP contribution in [0.2, 0.25) is 0 Å². The van der Waals surface area contributed by atoms with Gasteiger partial charge >= 0.3 is 0 Å². The van der Waals surface area contributed by atoms with E-state index < -0.39 is 0 Å². The number of aliphatic hydroxyl groups excluding tert-OH is 1. The molecule has 1 amide bonds. The number of thiophene rings is 1. The number of pyridine rings is 1. The van der Waals surface area contributed by atoms with E-state index in [1.807, 2.05) is 45.2 Å². The molecule has 2 aromatic heterocycles. The number of amides is 1. The van der Waals surface area contributed by atoms with Crippen molar-refractivity contribution in [1.82, 2.24) is 9.47 Å². The van der Waals surface area contributed by atoms with Crippen molar-refractivity contribution in [3.63, 3.8) is 0 Å². The number of rotatable bonds is 2. The minimum Gasteiger partial charge on any atom is -0.393 e. The number of fused-ring (bicyclic) bond motifs is 3. The molecule has 1 N–H and O–H groups in total. The van der Waals surface area contributed by atoms with Crippen LogP contribution in [0.4, 0.5) is 0 Å². The van der Waals surface area contributed by atoms with Crippen molar-refractivity contribution >= 4 is 17.2 Å². The van der Waals surface area contributed by atoms with Crippen LogP contribution in [0.5, 0.6) is 0 Å². The first-order valence-electron chi connectivity index (χ1n) is 10.5. The highest BCUT2D eigenvalue weighted by molar-refractivity contribution is 7.13. The Bertz CT molecular complexity index is 1140. The lowest BCUT2D eigenvalue weighted by molar-refractivity contribution is 0.0546. The minimum absolute atomic E-state index is 0.0388. The van der Waals surface area contributed by atoms with Crippen LogP contribution in [0.15, 0.2) is 52.6 Å². The van der Waals surface area contributed by atoms with E-state index in [0.717, 1.165) is 29.0 Å². The van der Waals surface area contributed by atoms with Gasteiger partial charge in [-0.05, 0) is 54.3 Å². The van der Waals surface area contributed by atoms with Crippen LogP contribution in [-0.4, -0.2) is 39.7 Å². The molecule has 3 aromatic rings. The van der Waals surface area contributed by atoms with E-state index in [0.29, 0.717) is 43.6 Å². The molecule has 0 spiro atoms. The maximum absolute atomic E-state index is 13.7. The lowest BCUT2D eigenvalue weighted by Gasteiger charge is -2.30. The third-order valence-electron chi connectivity index (χ3n) is 6.15. The van der Waals surface area contributed by atoms with Crippen molar-refractivity contribution in [2.75, 3.05) is 13.1 Å². The maximum atomic E-state index is 13.7. The van der Waals surface area contributed by atoms with Crippen molar-refractivity contribution in [2.24, 2.45) is 0 Å². The zero-order valence-electron chi connectivity index (χ0n) is 16.7. The number of aliphatic hydroxyl groups is 1. The Morgan fingerprint density at radius 2 is 1.83 bits per heavy atom. The summed E-state index contributed by atoms with van der Waals surface area (Å²) in [4.78, 5) is 30.0. The molecule has 6 heteroatoms. The van der Waals surface area contributed by atoms with E-state index in [4.69, 9.17) is 0 Å². The van der Waals surface area contributed by atoms with Gasteiger partial charge in [-0.2, -0.15) is 0 Å². The predicted octanol–water partition coefficient (Wildman–Crippen LogP) is 3.79. The number of aryl methyl sites for hydroxylation is 1. The summed E-state index contributed by atoms with van der Waals surface area (Å²) in [7, 11) is 0. The molecule has 30 heavy (non-hydrogen) atoms. The summed E-state index contributed by atoms with van der Waals surface area (Å²) < 4.78 is 1.82. The van der Waals surface area contributed by atoms with Gasteiger partial charge in [-0.1, -0.05) is 30.3 Å². The molecule has 0 aliphatic carbocycles. The molecule has 0 saturated carbocycles. The van der Waals surface area contributed by atoms with Gasteiger partial charge in [0.1, 0.15) is 0 Å². The van der Waals surface area contributed by atoms with Gasteiger partial charge in [0, 0.05) is 25.2 Å². The summed E-state index contributed by atoms with van der Waals surface area (Å²) >= 11 is 1.60. The van der Waals surface area contributed by atoms with Crippen molar-refractivity contribution in [1.29, 1.82) is 0 Å². The summed E-state index contributed by atoms with van der Waals surface area (Å²) in [5.74, 6) is -0.0518. The smallest absolute Gasteiger partial charge is 0.258 e. The highest BCUT2D eigenvalue weighted by Crippen LogP contribution is 2.37. The van der Waals surface area contributed by atoms with Crippen LogP contribution in [0, 0.1) is 0 Å². The number of carbonyl (C=O) groups is 1. The number of aromatic nitrogens is 1. The Morgan fingerprint density at radius 3 is 2.60 bits per heavy atom. The van der Waals surface area contributed by atoms with E-state index in [2.05, 4.69) is 6.07 Å². The molecule has 1 fully saturated rings. The summed E-state index contributed by atoms with van der Waals surface area (Å²) in [6, 6.07) is 13.5. The highest BCUT2D eigenvalue weighted by Gasteiger charge is 2.29. The van der Waals surface area contributed by atoms with Crippen LogP contribution < -0.4 is 5.56 Å². The van der Waals surface area contributed by atoms with Gasteiger partial charge < -0.3 is 14.6 Å². The maximum Gasteiger partial charge on any atom is 0.258 e. The SMILES string of the molecule is O=C(c1cc(-c2ccccc2)c(=O)n2c1-c1sccc1CCC2)N1CCC(O)CC1. The molecule has 5 rings (SSSR count). The van der Waals surface area contributed by atoms with Crippen molar-refractivity contribution in [3.8, 4) is 21.7 Å². The second-order valence-corrected chi connectivity index (χ2v) is 8.96. The molecule has 0 bridgehead atoms. The first-order valence-corrected chi connectivity index (χ1v) is 11.4. The normalized spacial score (nSPS) is 16.6.